The molecule has 0 spiro atoms. The van der Waals surface area contributed by atoms with Gasteiger partial charge in [-0.3, -0.25) is 0 Å². The molecule has 7 heteroatoms. The monoisotopic (exact) mass is 410 g/mol. The van der Waals surface area contributed by atoms with Crippen LogP contribution in [-0.2, 0) is 13.0 Å². The number of carbonyl (C=O) groups is 1. The third kappa shape index (κ3) is 3.54. The largest absolute Gasteiger partial charge is 0.478 e. The van der Waals surface area contributed by atoms with Gasteiger partial charge < -0.3 is 9.67 Å². The molecule has 136 valence electrons. The number of aromatic carboxylic acids is 1. The number of rotatable bonds is 6. The van der Waals surface area contributed by atoms with Crippen LogP contribution >= 0.6 is 34.8 Å². The maximum absolute atomic E-state index is 11.8. The fraction of sp³-hybridized carbons (Fsp3) is 0.263. The van der Waals surface area contributed by atoms with Crippen LogP contribution in [0.15, 0.2) is 30.3 Å². The summed E-state index contributed by atoms with van der Waals surface area (Å²) in [7, 11) is 0. The molecule has 0 aliphatic carbocycles. The van der Waals surface area contributed by atoms with Crippen molar-refractivity contribution < 1.29 is 9.90 Å². The maximum atomic E-state index is 11.8. The molecule has 3 aromatic rings. The van der Waals surface area contributed by atoms with Crippen LogP contribution in [-0.4, -0.2) is 20.6 Å². The first kappa shape index (κ1) is 19.0. The highest BCUT2D eigenvalue weighted by Gasteiger charge is 2.22. The molecule has 0 saturated carbocycles. The standard InChI is InChI=1S/C19H17Cl3N2O2/c1-2-3-8-15-23-17-16(22)14(21)9-12(19(25)26)18(17)24(15)10-11-6-4-5-7-13(11)20/h4-7,9H,2-3,8,10H2,1H3,(H,25,26). The Bertz CT molecular complexity index is 983. The Kier molecular flexibility index (Phi) is 5.76. The zero-order valence-electron chi connectivity index (χ0n) is 14.1. The van der Waals surface area contributed by atoms with E-state index in [0.29, 0.717) is 29.0 Å². The fourth-order valence-corrected chi connectivity index (χ4v) is 3.53. The first-order chi connectivity index (χ1) is 12.4. The number of fused-ring (bicyclic) bond motifs is 1. The molecule has 0 radical (unpaired) electrons. The summed E-state index contributed by atoms with van der Waals surface area (Å²) in [5, 5.41) is 10.7. The Balaban J connectivity index is 2.28. The predicted molar refractivity (Wildman–Crippen MR) is 106 cm³/mol. The topological polar surface area (TPSA) is 55.1 Å². The number of halogens is 3. The molecule has 1 N–H and O–H groups in total. The van der Waals surface area contributed by atoms with Gasteiger partial charge in [0.1, 0.15) is 11.3 Å². The normalized spacial score (nSPS) is 11.2. The maximum Gasteiger partial charge on any atom is 0.337 e. The number of imidazole rings is 1. The second-order valence-electron chi connectivity index (χ2n) is 6.03. The van der Waals surface area contributed by atoms with Crippen molar-refractivity contribution in [2.45, 2.75) is 32.7 Å². The van der Waals surface area contributed by atoms with Gasteiger partial charge in [-0.1, -0.05) is 66.3 Å². The zero-order valence-corrected chi connectivity index (χ0v) is 16.4. The first-order valence-corrected chi connectivity index (χ1v) is 9.41. The van der Waals surface area contributed by atoms with E-state index in [9.17, 15) is 9.90 Å². The lowest BCUT2D eigenvalue weighted by atomic mass is 10.1. The van der Waals surface area contributed by atoms with E-state index in [2.05, 4.69) is 11.9 Å². The fourth-order valence-electron chi connectivity index (χ4n) is 2.95. The molecule has 0 fully saturated rings. The Morgan fingerprint density at radius 1 is 1.19 bits per heavy atom. The Morgan fingerprint density at radius 3 is 2.58 bits per heavy atom. The van der Waals surface area contributed by atoms with E-state index in [0.717, 1.165) is 24.2 Å². The number of aromatic nitrogens is 2. The van der Waals surface area contributed by atoms with Crippen molar-refractivity contribution in [3.8, 4) is 0 Å². The van der Waals surface area contributed by atoms with E-state index in [1.165, 1.54) is 6.07 Å². The van der Waals surface area contributed by atoms with Crippen LogP contribution in [0.5, 0.6) is 0 Å². The highest BCUT2D eigenvalue weighted by molar-refractivity contribution is 6.45. The van der Waals surface area contributed by atoms with Crippen molar-refractivity contribution in [1.29, 1.82) is 0 Å². The molecular weight excluding hydrogens is 395 g/mol. The van der Waals surface area contributed by atoms with Gasteiger partial charge in [0.05, 0.1) is 27.7 Å². The van der Waals surface area contributed by atoms with Gasteiger partial charge in [0.25, 0.3) is 0 Å². The van der Waals surface area contributed by atoms with Gasteiger partial charge in [-0.15, -0.1) is 0 Å². The van der Waals surface area contributed by atoms with Gasteiger partial charge in [0.15, 0.2) is 0 Å². The minimum absolute atomic E-state index is 0.0803. The van der Waals surface area contributed by atoms with E-state index in [4.69, 9.17) is 34.8 Å². The van der Waals surface area contributed by atoms with Crippen LogP contribution < -0.4 is 0 Å². The third-order valence-electron chi connectivity index (χ3n) is 4.26. The van der Waals surface area contributed by atoms with Crippen molar-refractivity contribution in [3.05, 3.63) is 62.4 Å². The predicted octanol–water partition coefficient (Wildman–Crippen LogP) is 6.09. The van der Waals surface area contributed by atoms with E-state index < -0.39 is 5.97 Å². The molecule has 2 aromatic carbocycles. The van der Waals surface area contributed by atoms with Gasteiger partial charge >= 0.3 is 5.97 Å². The summed E-state index contributed by atoms with van der Waals surface area (Å²) < 4.78 is 1.89. The van der Waals surface area contributed by atoms with E-state index in [-0.39, 0.29) is 15.6 Å². The highest BCUT2D eigenvalue weighted by Crippen LogP contribution is 2.35. The minimum atomic E-state index is -1.07. The number of hydrogen-bond acceptors (Lipinski definition) is 2. The summed E-state index contributed by atoms with van der Waals surface area (Å²) in [4.78, 5) is 16.4. The van der Waals surface area contributed by atoms with Gasteiger partial charge in [-0.2, -0.15) is 0 Å². The molecule has 0 aliphatic rings. The number of nitrogens with zero attached hydrogens (tertiary/aromatic N) is 2. The molecule has 0 aliphatic heterocycles. The van der Waals surface area contributed by atoms with Crippen molar-refractivity contribution in [3.63, 3.8) is 0 Å². The smallest absolute Gasteiger partial charge is 0.337 e. The number of hydrogen-bond donors (Lipinski definition) is 1. The van der Waals surface area contributed by atoms with Crippen LogP contribution in [0.2, 0.25) is 15.1 Å². The molecule has 0 saturated heterocycles. The second-order valence-corrected chi connectivity index (χ2v) is 7.22. The van der Waals surface area contributed by atoms with E-state index in [1.807, 2.05) is 28.8 Å². The SMILES string of the molecule is CCCCc1nc2c(Cl)c(Cl)cc(C(=O)O)c2n1Cc1ccccc1Cl. The molecule has 0 unspecified atom stereocenters. The Labute approximate surface area is 166 Å². The number of carboxylic acids is 1. The summed E-state index contributed by atoms with van der Waals surface area (Å²) in [6.45, 7) is 2.50. The van der Waals surface area contributed by atoms with Gasteiger partial charge in [0, 0.05) is 11.4 Å². The average molecular weight is 412 g/mol. The van der Waals surface area contributed by atoms with Crippen LogP contribution in [0.1, 0.15) is 41.5 Å². The molecule has 4 nitrogen and oxygen atoms in total. The van der Waals surface area contributed by atoms with Crippen molar-refractivity contribution >= 4 is 51.8 Å². The quantitative estimate of drug-likeness (QED) is 0.534. The summed E-state index contributed by atoms with van der Waals surface area (Å²) in [6.07, 6.45) is 2.64. The lowest BCUT2D eigenvalue weighted by Crippen LogP contribution is -2.09. The highest BCUT2D eigenvalue weighted by atomic mass is 35.5. The van der Waals surface area contributed by atoms with Crippen LogP contribution in [0.25, 0.3) is 11.0 Å². The summed E-state index contributed by atoms with van der Waals surface area (Å²) in [5.41, 5.74) is 1.85. The number of aryl methyl sites for hydroxylation is 1. The summed E-state index contributed by atoms with van der Waals surface area (Å²) in [5.74, 6) is -0.302. The molecule has 26 heavy (non-hydrogen) atoms. The summed E-state index contributed by atoms with van der Waals surface area (Å²) >= 11 is 18.8. The molecule has 1 aromatic heterocycles. The summed E-state index contributed by atoms with van der Waals surface area (Å²) in [6, 6.07) is 8.85. The lowest BCUT2D eigenvalue weighted by Gasteiger charge is -2.12. The second kappa shape index (κ2) is 7.87. The van der Waals surface area contributed by atoms with Crippen LogP contribution in [0, 0.1) is 0 Å². The van der Waals surface area contributed by atoms with Crippen LogP contribution in [0.4, 0.5) is 0 Å². The molecule has 0 bridgehead atoms. The molecule has 0 amide bonds. The number of carboxylic acid groups (broad SMARTS) is 1. The van der Waals surface area contributed by atoms with Crippen molar-refractivity contribution in [2.75, 3.05) is 0 Å². The molecule has 0 atom stereocenters. The minimum Gasteiger partial charge on any atom is -0.478 e. The average Bonchev–Trinajstić information content (AvgIpc) is 2.96. The molecule has 3 rings (SSSR count). The van der Waals surface area contributed by atoms with Gasteiger partial charge in [-0.25, -0.2) is 9.78 Å². The van der Waals surface area contributed by atoms with Crippen molar-refractivity contribution in [2.24, 2.45) is 0 Å². The third-order valence-corrected chi connectivity index (χ3v) is 5.41. The zero-order chi connectivity index (χ0) is 18.8. The Morgan fingerprint density at radius 2 is 1.92 bits per heavy atom. The van der Waals surface area contributed by atoms with Gasteiger partial charge in [0.2, 0.25) is 0 Å². The molecular formula is C19H17Cl3N2O2. The first-order valence-electron chi connectivity index (χ1n) is 8.27. The number of benzene rings is 2. The molecule has 1 heterocycles. The van der Waals surface area contributed by atoms with E-state index in [1.54, 1.807) is 0 Å². The van der Waals surface area contributed by atoms with E-state index >= 15 is 0 Å². The number of unbranched alkanes of at least 4 members (excludes halogenated alkanes) is 1. The van der Waals surface area contributed by atoms with Gasteiger partial charge in [-0.05, 0) is 24.1 Å². The Hall–Kier alpha value is -1.75. The van der Waals surface area contributed by atoms with Crippen LogP contribution in [0.3, 0.4) is 0 Å². The van der Waals surface area contributed by atoms with Crippen molar-refractivity contribution in [1.82, 2.24) is 9.55 Å². The lowest BCUT2D eigenvalue weighted by molar-refractivity contribution is 0.0698.